The van der Waals surface area contributed by atoms with Crippen LogP contribution in [-0.4, -0.2) is 43.8 Å². The molecule has 0 aromatic heterocycles. The van der Waals surface area contributed by atoms with Crippen molar-refractivity contribution in [3.8, 4) is 0 Å². The summed E-state index contributed by atoms with van der Waals surface area (Å²) in [7, 11) is -4.24. The van der Waals surface area contributed by atoms with E-state index in [1.54, 1.807) is 19.1 Å². The van der Waals surface area contributed by atoms with Crippen molar-refractivity contribution >= 4 is 50.7 Å². The molecule has 0 aliphatic heterocycles. The number of benzene rings is 3. The Labute approximate surface area is 256 Å². The van der Waals surface area contributed by atoms with Gasteiger partial charge in [0.05, 0.1) is 20.6 Å². The number of nitrogens with zero attached hydrogens (tertiary/aromatic N) is 2. The lowest BCUT2D eigenvalue weighted by Crippen LogP contribution is -2.53. The third-order valence-corrected chi connectivity index (χ3v) is 9.96. The van der Waals surface area contributed by atoms with Crippen LogP contribution < -0.4 is 9.62 Å². The zero-order valence-electron chi connectivity index (χ0n) is 23.5. The lowest BCUT2D eigenvalue weighted by Gasteiger charge is -2.34. The molecule has 0 radical (unpaired) electrons. The van der Waals surface area contributed by atoms with Crippen LogP contribution in [0.25, 0.3) is 0 Å². The van der Waals surface area contributed by atoms with Gasteiger partial charge in [0.25, 0.3) is 10.0 Å². The standard InChI is InChI=1S/C31H34Cl2FN3O4S/c1-3-29(31(39)35-24-6-4-5-7-24)36(19-22-10-12-23(34)13-11-22)30(38)20-37(25-14-17-27(32)28(33)18-25)42(40,41)26-15-8-21(2)9-16-26/h8-18,24,29H,3-7,19-20H2,1-2H3,(H,35,39)/t29-/m1/s1. The lowest BCUT2D eigenvalue weighted by atomic mass is 10.1. The molecule has 4 rings (SSSR count). The summed E-state index contributed by atoms with van der Waals surface area (Å²) in [6.45, 7) is 3.01. The Balaban J connectivity index is 1.73. The first-order valence-corrected chi connectivity index (χ1v) is 16.1. The van der Waals surface area contributed by atoms with Crippen LogP contribution in [0.2, 0.25) is 10.0 Å². The molecule has 1 atom stereocenters. The zero-order chi connectivity index (χ0) is 30.4. The zero-order valence-corrected chi connectivity index (χ0v) is 25.9. The molecule has 0 unspecified atom stereocenters. The maximum absolute atomic E-state index is 14.1. The molecular weight excluding hydrogens is 600 g/mol. The molecule has 1 N–H and O–H groups in total. The molecular formula is C31H34Cl2FN3O4S. The summed E-state index contributed by atoms with van der Waals surface area (Å²) in [5, 5.41) is 3.41. The highest BCUT2D eigenvalue weighted by Gasteiger charge is 2.34. The predicted octanol–water partition coefficient (Wildman–Crippen LogP) is 6.50. The topological polar surface area (TPSA) is 86.8 Å². The fourth-order valence-corrected chi connectivity index (χ4v) is 6.78. The third kappa shape index (κ3) is 7.62. The van der Waals surface area contributed by atoms with Crippen LogP contribution in [0.15, 0.2) is 71.6 Å². The summed E-state index contributed by atoms with van der Waals surface area (Å²) in [5.41, 5.74) is 1.61. The van der Waals surface area contributed by atoms with Crippen molar-refractivity contribution < 1.29 is 22.4 Å². The number of hydrogen-bond donors (Lipinski definition) is 1. The number of halogens is 3. The van der Waals surface area contributed by atoms with E-state index in [0.29, 0.717) is 12.0 Å². The first-order valence-electron chi connectivity index (χ1n) is 13.9. The second-order valence-corrected chi connectivity index (χ2v) is 13.2. The molecule has 3 aromatic carbocycles. The molecule has 0 spiro atoms. The van der Waals surface area contributed by atoms with Gasteiger partial charge in [-0.05, 0) is 74.2 Å². The Morgan fingerprint density at radius 1 is 0.976 bits per heavy atom. The Kier molecular flexibility index (Phi) is 10.5. The summed E-state index contributed by atoms with van der Waals surface area (Å²) < 4.78 is 42.5. The molecule has 0 saturated heterocycles. The van der Waals surface area contributed by atoms with Crippen LogP contribution in [0.4, 0.5) is 10.1 Å². The van der Waals surface area contributed by atoms with E-state index in [2.05, 4.69) is 5.32 Å². The second kappa shape index (κ2) is 13.9. The van der Waals surface area contributed by atoms with Gasteiger partial charge in [-0.2, -0.15) is 0 Å². The van der Waals surface area contributed by atoms with Crippen molar-refractivity contribution in [3.05, 3.63) is 93.7 Å². The SMILES string of the molecule is CC[C@H](C(=O)NC1CCCC1)N(Cc1ccc(F)cc1)C(=O)CN(c1ccc(Cl)c(Cl)c1)S(=O)(=O)c1ccc(C)cc1. The maximum atomic E-state index is 14.1. The summed E-state index contributed by atoms with van der Waals surface area (Å²) in [6.07, 6.45) is 4.08. The third-order valence-electron chi connectivity index (χ3n) is 7.43. The average molecular weight is 635 g/mol. The normalized spacial score (nSPS) is 14.4. The smallest absolute Gasteiger partial charge is 0.264 e. The molecule has 1 saturated carbocycles. The van der Waals surface area contributed by atoms with Crippen LogP contribution in [0.5, 0.6) is 0 Å². The first kappa shape index (κ1) is 31.8. The summed E-state index contributed by atoms with van der Waals surface area (Å²) in [6, 6.07) is 15.4. The number of hydrogen-bond acceptors (Lipinski definition) is 4. The second-order valence-electron chi connectivity index (χ2n) is 10.5. The van der Waals surface area contributed by atoms with Crippen molar-refractivity contribution in [2.75, 3.05) is 10.8 Å². The molecule has 0 bridgehead atoms. The number of nitrogens with one attached hydrogen (secondary N) is 1. The molecule has 0 heterocycles. The number of rotatable bonds is 11. The van der Waals surface area contributed by atoms with E-state index in [9.17, 15) is 22.4 Å². The summed E-state index contributed by atoms with van der Waals surface area (Å²) in [4.78, 5) is 29.0. The lowest BCUT2D eigenvalue weighted by molar-refractivity contribution is -0.140. The van der Waals surface area contributed by atoms with E-state index in [4.69, 9.17) is 23.2 Å². The summed E-state index contributed by atoms with van der Waals surface area (Å²) in [5.74, 6) is -1.34. The highest BCUT2D eigenvalue weighted by Crippen LogP contribution is 2.31. The molecule has 42 heavy (non-hydrogen) atoms. The van der Waals surface area contributed by atoms with Crippen LogP contribution in [0, 0.1) is 12.7 Å². The highest BCUT2D eigenvalue weighted by molar-refractivity contribution is 7.92. The molecule has 1 fully saturated rings. The van der Waals surface area contributed by atoms with E-state index in [1.165, 1.54) is 59.5 Å². The quantitative estimate of drug-likeness (QED) is 0.261. The van der Waals surface area contributed by atoms with E-state index >= 15 is 0 Å². The minimum atomic E-state index is -4.24. The van der Waals surface area contributed by atoms with Gasteiger partial charge in [0, 0.05) is 12.6 Å². The number of sulfonamides is 1. The number of carbonyl (C=O) groups is 2. The Morgan fingerprint density at radius 2 is 1.62 bits per heavy atom. The number of aryl methyl sites for hydroxylation is 1. The largest absolute Gasteiger partial charge is 0.352 e. The molecule has 11 heteroatoms. The number of carbonyl (C=O) groups excluding carboxylic acids is 2. The van der Waals surface area contributed by atoms with Crippen molar-refractivity contribution in [1.82, 2.24) is 10.2 Å². The van der Waals surface area contributed by atoms with Crippen molar-refractivity contribution in [3.63, 3.8) is 0 Å². The van der Waals surface area contributed by atoms with Gasteiger partial charge >= 0.3 is 0 Å². The fourth-order valence-electron chi connectivity index (χ4n) is 5.08. The minimum absolute atomic E-state index is 0.0110. The molecule has 1 aliphatic rings. The van der Waals surface area contributed by atoms with Gasteiger partial charge in [-0.25, -0.2) is 12.8 Å². The molecule has 2 amide bonds. The summed E-state index contributed by atoms with van der Waals surface area (Å²) >= 11 is 12.4. The van der Waals surface area contributed by atoms with Gasteiger partial charge in [-0.1, -0.05) is 72.8 Å². The van der Waals surface area contributed by atoms with Crippen LogP contribution in [-0.2, 0) is 26.2 Å². The first-order chi connectivity index (χ1) is 20.0. The van der Waals surface area contributed by atoms with Crippen LogP contribution in [0.3, 0.4) is 0 Å². The van der Waals surface area contributed by atoms with Gasteiger partial charge in [0.1, 0.15) is 18.4 Å². The number of anilines is 1. The Bertz CT molecular complexity index is 1510. The van der Waals surface area contributed by atoms with Crippen molar-refractivity contribution in [2.24, 2.45) is 0 Å². The Morgan fingerprint density at radius 3 is 2.21 bits per heavy atom. The van der Waals surface area contributed by atoms with E-state index in [0.717, 1.165) is 35.6 Å². The van der Waals surface area contributed by atoms with Crippen LogP contribution in [0.1, 0.15) is 50.2 Å². The number of amides is 2. The van der Waals surface area contributed by atoms with Crippen molar-refractivity contribution in [2.45, 2.75) is 69.5 Å². The van der Waals surface area contributed by atoms with Gasteiger partial charge < -0.3 is 10.2 Å². The van der Waals surface area contributed by atoms with Gasteiger partial charge in [0.2, 0.25) is 11.8 Å². The van der Waals surface area contributed by atoms with Crippen LogP contribution >= 0.6 is 23.2 Å². The van der Waals surface area contributed by atoms with Gasteiger partial charge in [-0.3, -0.25) is 13.9 Å². The van der Waals surface area contributed by atoms with Gasteiger partial charge in [-0.15, -0.1) is 0 Å². The monoisotopic (exact) mass is 633 g/mol. The van der Waals surface area contributed by atoms with E-state index in [1.807, 2.05) is 6.92 Å². The molecule has 224 valence electrons. The fraction of sp³-hybridized carbons (Fsp3) is 0.355. The van der Waals surface area contributed by atoms with E-state index in [-0.39, 0.29) is 39.1 Å². The predicted molar refractivity (Wildman–Crippen MR) is 164 cm³/mol. The van der Waals surface area contributed by atoms with E-state index < -0.39 is 34.3 Å². The molecule has 1 aliphatic carbocycles. The highest BCUT2D eigenvalue weighted by atomic mass is 35.5. The molecule has 7 nitrogen and oxygen atoms in total. The molecule has 3 aromatic rings. The van der Waals surface area contributed by atoms with Crippen molar-refractivity contribution in [1.29, 1.82) is 0 Å². The minimum Gasteiger partial charge on any atom is -0.352 e. The van der Waals surface area contributed by atoms with Gasteiger partial charge in [0.15, 0.2) is 0 Å². The Hall–Kier alpha value is -3.14. The average Bonchev–Trinajstić information content (AvgIpc) is 3.47. The maximum Gasteiger partial charge on any atom is 0.264 e.